The summed E-state index contributed by atoms with van der Waals surface area (Å²) in [6.07, 6.45) is 2.10. The summed E-state index contributed by atoms with van der Waals surface area (Å²) in [7, 11) is 1.58. The standard InChI is InChI=1S/C29H37FN2O4/c1-18-11-22(31-7-9-36-10-8-31)13-21(27(18)30)12-20-14-23-24(15-25(20)35-6)32(16-19(2)28(23)34)26(17-33)29(3,4)5/h11,13-16,26,33H,7-10,12,17H2,1-6H3. The van der Waals surface area contributed by atoms with Gasteiger partial charge in [-0.05, 0) is 54.2 Å². The van der Waals surface area contributed by atoms with Gasteiger partial charge in [-0.2, -0.15) is 0 Å². The lowest BCUT2D eigenvalue weighted by Crippen LogP contribution is -2.36. The first-order chi connectivity index (χ1) is 17.0. The Morgan fingerprint density at radius 2 is 1.78 bits per heavy atom. The molecule has 0 aliphatic carbocycles. The van der Waals surface area contributed by atoms with E-state index in [4.69, 9.17) is 9.47 Å². The van der Waals surface area contributed by atoms with Crippen molar-refractivity contribution in [3.05, 3.63) is 68.8 Å². The van der Waals surface area contributed by atoms with Gasteiger partial charge in [-0.15, -0.1) is 0 Å². The molecule has 4 rings (SSSR count). The van der Waals surface area contributed by atoms with Crippen molar-refractivity contribution in [3.63, 3.8) is 0 Å². The predicted octanol–water partition coefficient (Wildman–Crippen LogP) is 4.77. The summed E-state index contributed by atoms with van der Waals surface area (Å²) >= 11 is 0. The van der Waals surface area contributed by atoms with Gasteiger partial charge in [0.2, 0.25) is 0 Å². The number of anilines is 1. The molecule has 1 saturated heterocycles. The van der Waals surface area contributed by atoms with Crippen LogP contribution in [0.5, 0.6) is 5.75 Å². The molecular weight excluding hydrogens is 459 g/mol. The topological polar surface area (TPSA) is 63.9 Å². The van der Waals surface area contributed by atoms with Crippen LogP contribution in [0.1, 0.15) is 49.1 Å². The molecule has 1 aliphatic rings. The first-order valence-electron chi connectivity index (χ1n) is 12.5. The minimum Gasteiger partial charge on any atom is -0.496 e. The molecule has 2 aromatic carbocycles. The van der Waals surface area contributed by atoms with Gasteiger partial charge in [-0.3, -0.25) is 4.79 Å². The second-order valence-electron chi connectivity index (χ2n) is 10.8. The smallest absolute Gasteiger partial charge is 0.192 e. The van der Waals surface area contributed by atoms with E-state index < -0.39 is 0 Å². The second-order valence-corrected chi connectivity index (χ2v) is 10.8. The van der Waals surface area contributed by atoms with Gasteiger partial charge in [0.1, 0.15) is 11.6 Å². The molecule has 0 amide bonds. The Morgan fingerprint density at radius 3 is 2.39 bits per heavy atom. The quantitative estimate of drug-likeness (QED) is 0.533. The van der Waals surface area contributed by atoms with Gasteiger partial charge in [0.05, 0.1) is 38.5 Å². The molecule has 0 saturated carbocycles. The zero-order chi connectivity index (χ0) is 26.2. The van der Waals surface area contributed by atoms with E-state index in [0.717, 1.165) is 24.3 Å². The van der Waals surface area contributed by atoms with Crippen LogP contribution >= 0.6 is 0 Å². The van der Waals surface area contributed by atoms with Gasteiger partial charge >= 0.3 is 0 Å². The highest BCUT2D eigenvalue weighted by atomic mass is 19.1. The monoisotopic (exact) mass is 496 g/mol. The van der Waals surface area contributed by atoms with Crippen molar-refractivity contribution in [2.45, 2.75) is 47.1 Å². The lowest BCUT2D eigenvalue weighted by atomic mass is 9.86. The van der Waals surface area contributed by atoms with E-state index in [0.29, 0.717) is 53.0 Å². The van der Waals surface area contributed by atoms with Crippen molar-refractivity contribution in [3.8, 4) is 5.75 Å². The summed E-state index contributed by atoms with van der Waals surface area (Å²) < 4.78 is 28.5. The highest BCUT2D eigenvalue weighted by Gasteiger charge is 2.27. The first-order valence-corrected chi connectivity index (χ1v) is 12.5. The normalized spacial score (nSPS) is 15.4. The van der Waals surface area contributed by atoms with Crippen molar-refractivity contribution in [2.75, 3.05) is 44.9 Å². The number of nitrogens with zero attached hydrogens (tertiary/aromatic N) is 2. The van der Waals surface area contributed by atoms with Crippen LogP contribution in [0.25, 0.3) is 10.9 Å². The van der Waals surface area contributed by atoms with Crippen molar-refractivity contribution < 1.29 is 19.0 Å². The van der Waals surface area contributed by atoms with E-state index in [1.54, 1.807) is 21.0 Å². The van der Waals surface area contributed by atoms with E-state index in [-0.39, 0.29) is 29.3 Å². The molecule has 1 N–H and O–H groups in total. The lowest BCUT2D eigenvalue weighted by Gasteiger charge is -2.33. The molecule has 0 bridgehead atoms. The third-order valence-electron chi connectivity index (χ3n) is 7.19. The van der Waals surface area contributed by atoms with Crippen LogP contribution in [0.4, 0.5) is 10.1 Å². The molecule has 1 atom stereocenters. The number of pyridine rings is 1. The van der Waals surface area contributed by atoms with Crippen LogP contribution < -0.4 is 15.1 Å². The van der Waals surface area contributed by atoms with E-state index in [1.807, 2.05) is 35.0 Å². The molecule has 1 unspecified atom stereocenters. The van der Waals surface area contributed by atoms with Gasteiger partial charge in [0, 0.05) is 48.4 Å². The van der Waals surface area contributed by atoms with E-state index in [1.165, 1.54) is 0 Å². The lowest BCUT2D eigenvalue weighted by molar-refractivity contribution is 0.122. The highest BCUT2D eigenvalue weighted by Crippen LogP contribution is 2.35. The Labute approximate surface area is 212 Å². The fourth-order valence-electron chi connectivity index (χ4n) is 5.08. The molecule has 1 fully saturated rings. The predicted molar refractivity (Wildman–Crippen MR) is 142 cm³/mol. The van der Waals surface area contributed by atoms with Crippen LogP contribution in [0, 0.1) is 25.1 Å². The molecule has 3 aromatic rings. The molecule has 6 nitrogen and oxygen atoms in total. The Bertz CT molecular complexity index is 1320. The number of methoxy groups -OCH3 is 1. The Balaban J connectivity index is 1.85. The van der Waals surface area contributed by atoms with Crippen LogP contribution in [0.3, 0.4) is 0 Å². The van der Waals surface area contributed by atoms with E-state index >= 15 is 4.39 Å². The van der Waals surface area contributed by atoms with Crippen molar-refractivity contribution in [1.29, 1.82) is 0 Å². The number of aliphatic hydroxyl groups is 1. The first kappa shape index (κ1) is 26.2. The molecule has 2 heterocycles. The highest BCUT2D eigenvalue weighted by molar-refractivity contribution is 5.83. The SMILES string of the molecule is COc1cc2c(cc1Cc1cc(N3CCOCC3)cc(C)c1F)c(=O)c(C)cn2C(CO)C(C)(C)C. The van der Waals surface area contributed by atoms with Crippen LogP contribution in [-0.4, -0.2) is 49.7 Å². The average Bonchev–Trinajstić information content (AvgIpc) is 2.84. The molecule has 0 spiro atoms. The van der Waals surface area contributed by atoms with Gasteiger partial charge in [0.25, 0.3) is 0 Å². The molecule has 1 aromatic heterocycles. The number of halogens is 1. The average molecular weight is 497 g/mol. The van der Waals surface area contributed by atoms with Crippen LogP contribution in [0.15, 0.2) is 35.3 Å². The van der Waals surface area contributed by atoms with Crippen molar-refractivity contribution in [1.82, 2.24) is 4.57 Å². The van der Waals surface area contributed by atoms with Crippen LogP contribution in [-0.2, 0) is 11.2 Å². The summed E-state index contributed by atoms with van der Waals surface area (Å²) in [5.41, 5.74) is 3.84. The summed E-state index contributed by atoms with van der Waals surface area (Å²) in [5.74, 6) is 0.336. The van der Waals surface area contributed by atoms with Gasteiger partial charge in [-0.1, -0.05) is 20.8 Å². The third kappa shape index (κ3) is 5.00. The van der Waals surface area contributed by atoms with Gasteiger partial charge < -0.3 is 24.0 Å². The zero-order valence-electron chi connectivity index (χ0n) is 22.2. The number of fused-ring (bicyclic) bond motifs is 1. The maximum Gasteiger partial charge on any atom is 0.192 e. The molecule has 0 radical (unpaired) electrons. The largest absolute Gasteiger partial charge is 0.496 e. The number of aromatic nitrogens is 1. The molecule has 7 heteroatoms. The number of hydrogen-bond donors (Lipinski definition) is 1. The molecule has 194 valence electrons. The fraction of sp³-hybridized carbons (Fsp3) is 0.483. The Hall–Kier alpha value is -2.90. The number of aryl methyl sites for hydroxylation is 2. The minimum atomic E-state index is -0.246. The van der Waals surface area contributed by atoms with E-state index in [2.05, 4.69) is 25.7 Å². The summed E-state index contributed by atoms with van der Waals surface area (Å²) in [4.78, 5) is 15.4. The maximum absolute atomic E-state index is 15.3. The molecular formula is C29H37FN2O4. The number of morpholine rings is 1. The van der Waals surface area contributed by atoms with Gasteiger partial charge in [-0.25, -0.2) is 4.39 Å². The second kappa shape index (κ2) is 10.2. The minimum absolute atomic E-state index is 0.0657. The van der Waals surface area contributed by atoms with Crippen molar-refractivity contribution >= 4 is 16.6 Å². The van der Waals surface area contributed by atoms with Crippen LogP contribution in [0.2, 0.25) is 0 Å². The molecule has 1 aliphatic heterocycles. The van der Waals surface area contributed by atoms with Crippen molar-refractivity contribution in [2.24, 2.45) is 5.41 Å². The Kier molecular flexibility index (Phi) is 7.43. The Morgan fingerprint density at radius 1 is 1.08 bits per heavy atom. The number of benzene rings is 2. The summed E-state index contributed by atoms with van der Waals surface area (Å²) in [5, 5.41) is 10.8. The third-order valence-corrected chi connectivity index (χ3v) is 7.19. The van der Waals surface area contributed by atoms with E-state index in [9.17, 15) is 9.90 Å². The summed E-state index contributed by atoms with van der Waals surface area (Å²) in [6, 6.07) is 7.21. The number of aliphatic hydroxyl groups excluding tert-OH is 1. The van der Waals surface area contributed by atoms with Gasteiger partial charge in [0.15, 0.2) is 5.43 Å². The molecule has 36 heavy (non-hydrogen) atoms. The summed E-state index contributed by atoms with van der Waals surface area (Å²) in [6.45, 7) is 12.5. The number of rotatable bonds is 6. The number of ether oxygens (including phenoxy) is 2. The fourth-order valence-corrected chi connectivity index (χ4v) is 5.08. The zero-order valence-corrected chi connectivity index (χ0v) is 22.2. The maximum atomic E-state index is 15.3. The number of hydrogen-bond acceptors (Lipinski definition) is 5.